The van der Waals surface area contributed by atoms with Gasteiger partial charge in [-0.15, -0.1) is 0 Å². The van der Waals surface area contributed by atoms with Crippen LogP contribution >= 0.6 is 15.9 Å². The molecule has 1 nitrogen and oxygen atoms in total. The van der Waals surface area contributed by atoms with Crippen LogP contribution in [0.25, 0.3) is 0 Å². The monoisotopic (exact) mass is 321 g/mol. The summed E-state index contributed by atoms with van der Waals surface area (Å²) in [5.74, 6) is -0.234. The second kappa shape index (κ2) is 6.71. The Kier molecular flexibility index (Phi) is 4.97. The molecule has 1 atom stereocenters. The average Bonchev–Trinajstić information content (AvgIpc) is 2.42. The zero-order chi connectivity index (χ0) is 13.7. The Morgan fingerprint density at radius 1 is 1.16 bits per heavy atom. The normalized spacial score (nSPS) is 12.2. The lowest BCUT2D eigenvalue weighted by Gasteiger charge is -2.15. The van der Waals surface area contributed by atoms with Crippen molar-refractivity contribution in [3.8, 4) is 0 Å². The number of nitrogens with one attached hydrogen (secondary N) is 1. The zero-order valence-electron chi connectivity index (χ0n) is 10.9. The van der Waals surface area contributed by atoms with Gasteiger partial charge in [0.1, 0.15) is 5.82 Å². The zero-order valence-corrected chi connectivity index (χ0v) is 12.5. The lowest BCUT2D eigenvalue weighted by Crippen LogP contribution is -2.16. The fourth-order valence-corrected chi connectivity index (χ4v) is 2.35. The molecule has 0 fully saturated rings. The number of halogens is 2. The van der Waals surface area contributed by atoms with Gasteiger partial charge in [-0.05, 0) is 59.5 Å². The number of rotatable bonds is 5. The van der Waals surface area contributed by atoms with Crippen LogP contribution in [0.3, 0.4) is 0 Å². The molecule has 0 radical (unpaired) electrons. The molecule has 0 aromatic heterocycles. The van der Waals surface area contributed by atoms with Crippen LogP contribution in [0.5, 0.6) is 0 Å². The van der Waals surface area contributed by atoms with Crippen molar-refractivity contribution in [2.45, 2.75) is 25.8 Å². The Morgan fingerprint density at radius 3 is 2.58 bits per heavy atom. The van der Waals surface area contributed by atoms with Crippen molar-refractivity contribution in [2.24, 2.45) is 0 Å². The first-order valence-corrected chi connectivity index (χ1v) is 7.20. The van der Waals surface area contributed by atoms with E-state index in [-0.39, 0.29) is 5.82 Å². The minimum Gasteiger partial charge on any atom is -0.383 e. The van der Waals surface area contributed by atoms with Gasteiger partial charge in [0.25, 0.3) is 0 Å². The van der Waals surface area contributed by atoms with Crippen molar-refractivity contribution in [1.29, 1.82) is 0 Å². The Morgan fingerprint density at radius 2 is 1.89 bits per heavy atom. The van der Waals surface area contributed by atoms with Crippen LogP contribution in [-0.2, 0) is 6.42 Å². The van der Waals surface area contributed by atoms with E-state index in [1.54, 1.807) is 12.1 Å². The Hall–Kier alpha value is -1.35. The van der Waals surface area contributed by atoms with E-state index in [1.165, 1.54) is 11.6 Å². The van der Waals surface area contributed by atoms with E-state index in [0.29, 0.717) is 10.5 Å². The summed E-state index contributed by atoms with van der Waals surface area (Å²) in [6, 6.07) is 15.8. The molecule has 0 aliphatic carbocycles. The second-order valence-electron chi connectivity index (χ2n) is 4.70. The number of hydrogen-bond acceptors (Lipinski definition) is 1. The van der Waals surface area contributed by atoms with Crippen LogP contribution < -0.4 is 5.32 Å². The molecule has 0 heterocycles. The van der Waals surface area contributed by atoms with Gasteiger partial charge in [0.15, 0.2) is 0 Å². The number of aryl methyl sites for hydroxylation is 1. The summed E-state index contributed by atoms with van der Waals surface area (Å²) in [4.78, 5) is 0. The van der Waals surface area contributed by atoms with Gasteiger partial charge < -0.3 is 5.32 Å². The molecule has 0 aliphatic heterocycles. The molecule has 1 N–H and O–H groups in total. The van der Waals surface area contributed by atoms with Crippen molar-refractivity contribution < 1.29 is 4.39 Å². The van der Waals surface area contributed by atoms with Crippen molar-refractivity contribution in [3.63, 3.8) is 0 Å². The number of hydrogen-bond donors (Lipinski definition) is 1. The molecular formula is C16H17BrFN. The summed E-state index contributed by atoms with van der Waals surface area (Å²) in [5, 5.41) is 3.38. The van der Waals surface area contributed by atoms with Crippen LogP contribution in [-0.4, -0.2) is 6.04 Å². The lowest BCUT2D eigenvalue weighted by molar-refractivity contribution is 0.621. The molecule has 0 aliphatic rings. The van der Waals surface area contributed by atoms with Gasteiger partial charge >= 0.3 is 0 Å². The molecule has 0 saturated carbocycles. The predicted molar refractivity (Wildman–Crippen MR) is 81.9 cm³/mol. The summed E-state index contributed by atoms with van der Waals surface area (Å²) in [5.41, 5.74) is 2.28. The maximum Gasteiger partial charge on any atom is 0.137 e. The molecule has 100 valence electrons. The number of anilines is 1. The van der Waals surface area contributed by atoms with E-state index in [2.05, 4.69) is 52.4 Å². The van der Waals surface area contributed by atoms with Crippen molar-refractivity contribution in [1.82, 2.24) is 0 Å². The van der Waals surface area contributed by atoms with Crippen LogP contribution in [0, 0.1) is 5.82 Å². The third-order valence-electron chi connectivity index (χ3n) is 3.04. The van der Waals surface area contributed by atoms with Crippen molar-refractivity contribution in [2.75, 3.05) is 5.32 Å². The van der Waals surface area contributed by atoms with Gasteiger partial charge in [-0.25, -0.2) is 4.39 Å². The molecule has 0 amide bonds. The Labute approximate surface area is 122 Å². The molecule has 2 aromatic rings. The maximum atomic E-state index is 13.1. The third-order valence-corrected chi connectivity index (χ3v) is 3.65. The highest BCUT2D eigenvalue weighted by Crippen LogP contribution is 2.21. The molecule has 2 aromatic carbocycles. The summed E-state index contributed by atoms with van der Waals surface area (Å²) in [6.07, 6.45) is 2.08. The first-order chi connectivity index (χ1) is 9.15. The molecule has 0 bridgehead atoms. The highest BCUT2D eigenvalue weighted by molar-refractivity contribution is 9.10. The summed E-state index contributed by atoms with van der Waals surface area (Å²) in [6.45, 7) is 2.14. The van der Waals surface area contributed by atoms with E-state index in [4.69, 9.17) is 0 Å². The maximum absolute atomic E-state index is 13.1. The van der Waals surface area contributed by atoms with Gasteiger partial charge in [0.2, 0.25) is 0 Å². The molecular weight excluding hydrogens is 305 g/mol. The fraction of sp³-hybridized carbons (Fsp3) is 0.250. The van der Waals surface area contributed by atoms with Crippen molar-refractivity contribution in [3.05, 3.63) is 64.4 Å². The van der Waals surface area contributed by atoms with Crippen LogP contribution in [0.1, 0.15) is 18.9 Å². The second-order valence-corrected chi connectivity index (χ2v) is 5.55. The standard InChI is InChI=1S/C16H17BrFN/c1-12(7-8-13-5-3-2-4-6-13)19-14-9-10-16(18)15(17)11-14/h2-6,9-12,19H,7-8H2,1H3. The molecule has 1 unspecified atom stereocenters. The van der Waals surface area contributed by atoms with E-state index < -0.39 is 0 Å². The SMILES string of the molecule is CC(CCc1ccccc1)Nc1ccc(F)c(Br)c1. The van der Waals surface area contributed by atoms with E-state index in [0.717, 1.165) is 18.5 Å². The van der Waals surface area contributed by atoms with Crippen LogP contribution in [0.4, 0.5) is 10.1 Å². The summed E-state index contributed by atoms with van der Waals surface area (Å²) < 4.78 is 13.6. The van der Waals surface area contributed by atoms with Crippen molar-refractivity contribution >= 4 is 21.6 Å². The molecule has 19 heavy (non-hydrogen) atoms. The van der Waals surface area contributed by atoms with Gasteiger partial charge in [0, 0.05) is 11.7 Å². The predicted octanol–water partition coefficient (Wildman–Crippen LogP) is 5.02. The topological polar surface area (TPSA) is 12.0 Å². The minimum atomic E-state index is -0.234. The van der Waals surface area contributed by atoms with E-state index in [9.17, 15) is 4.39 Å². The van der Waals surface area contributed by atoms with E-state index in [1.807, 2.05) is 6.07 Å². The highest BCUT2D eigenvalue weighted by Gasteiger charge is 2.05. The Balaban J connectivity index is 1.87. The highest BCUT2D eigenvalue weighted by atomic mass is 79.9. The average molecular weight is 322 g/mol. The quantitative estimate of drug-likeness (QED) is 0.815. The first kappa shape index (κ1) is 14.1. The largest absolute Gasteiger partial charge is 0.383 e. The number of benzene rings is 2. The minimum absolute atomic E-state index is 0.234. The molecule has 2 rings (SSSR count). The molecule has 0 saturated heterocycles. The van der Waals surface area contributed by atoms with Crippen LogP contribution in [0.2, 0.25) is 0 Å². The van der Waals surface area contributed by atoms with Gasteiger partial charge in [-0.2, -0.15) is 0 Å². The van der Waals surface area contributed by atoms with Gasteiger partial charge in [-0.1, -0.05) is 30.3 Å². The van der Waals surface area contributed by atoms with Gasteiger partial charge in [0.05, 0.1) is 4.47 Å². The smallest absolute Gasteiger partial charge is 0.137 e. The molecule has 3 heteroatoms. The summed E-state index contributed by atoms with van der Waals surface area (Å²) >= 11 is 3.20. The fourth-order valence-electron chi connectivity index (χ4n) is 1.97. The van der Waals surface area contributed by atoms with Crippen LogP contribution in [0.15, 0.2) is 53.0 Å². The molecule has 0 spiro atoms. The summed E-state index contributed by atoms with van der Waals surface area (Å²) in [7, 11) is 0. The first-order valence-electron chi connectivity index (χ1n) is 6.40. The van der Waals surface area contributed by atoms with E-state index >= 15 is 0 Å². The third kappa shape index (κ3) is 4.35. The lowest BCUT2D eigenvalue weighted by atomic mass is 10.1. The van der Waals surface area contributed by atoms with Gasteiger partial charge in [-0.3, -0.25) is 0 Å². The Bertz CT molecular complexity index is 528.